The van der Waals surface area contributed by atoms with E-state index >= 15 is 0 Å². The molecule has 1 N–H and O–H groups in total. The van der Waals surface area contributed by atoms with Crippen LogP contribution in [0.5, 0.6) is 5.75 Å². The van der Waals surface area contributed by atoms with Crippen LogP contribution in [-0.2, 0) is 28.5 Å². The molecule has 2 saturated carbocycles. The van der Waals surface area contributed by atoms with Crippen LogP contribution in [0.4, 0.5) is 5.69 Å². The number of anilines is 1. The maximum absolute atomic E-state index is 13.6. The van der Waals surface area contributed by atoms with Crippen LogP contribution in [-0.4, -0.2) is 54.8 Å². The van der Waals surface area contributed by atoms with Crippen LogP contribution in [0.15, 0.2) is 24.3 Å². The lowest BCUT2D eigenvalue weighted by molar-refractivity contribution is -0.246. The lowest BCUT2D eigenvalue weighted by Crippen LogP contribution is -2.58. The summed E-state index contributed by atoms with van der Waals surface area (Å²) in [5.74, 6) is -0.744. The third kappa shape index (κ3) is 6.01. The number of carbonyl (C=O) groups excluding carboxylic acids is 1. The van der Waals surface area contributed by atoms with Crippen LogP contribution in [0.3, 0.4) is 0 Å². The minimum Gasteiger partial charge on any atom is -0.494 e. The molecule has 216 valence electrons. The van der Waals surface area contributed by atoms with Gasteiger partial charge in [0.1, 0.15) is 24.1 Å². The number of unbranched alkanes of at least 4 members (excludes halogenated alkanes) is 4. The van der Waals surface area contributed by atoms with Crippen molar-refractivity contribution in [2.45, 2.75) is 146 Å². The Morgan fingerprint density at radius 2 is 1.41 bits per heavy atom. The molecule has 8 heteroatoms. The van der Waals surface area contributed by atoms with E-state index in [2.05, 4.69) is 12.2 Å². The minimum atomic E-state index is -0.848. The third-order valence-electron chi connectivity index (χ3n) is 9.01. The number of amides is 1. The molecule has 1 amide bonds. The first-order valence-electron chi connectivity index (χ1n) is 15.5. The molecule has 3 aliphatic heterocycles. The van der Waals surface area contributed by atoms with Crippen molar-refractivity contribution < 1.29 is 33.2 Å². The van der Waals surface area contributed by atoms with Crippen molar-refractivity contribution in [1.82, 2.24) is 0 Å². The summed E-state index contributed by atoms with van der Waals surface area (Å²) in [6.07, 6.45) is 13.2. The Kier molecular flexibility index (Phi) is 8.47. The van der Waals surface area contributed by atoms with E-state index in [4.69, 9.17) is 28.4 Å². The minimum absolute atomic E-state index is 0.252. The Hall–Kier alpha value is -1.71. The van der Waals surface area contributed by atoms with E-state index in [0.29, 0.717) is 12.3 Å². The SMILES string of the molecule is CCCCCCCOc1ccc(NC(=O)[C@@H]2O[C@@H]3OC4(CCCCC4)O[C@@H]3[C@H]3OC4(CCCCC4)O[C@H]32)cc1. The molecule has 0 unspecified atom stereocenters. The second-order valence-electron chi connectivity index (χ2n) is 12.0. The van der Waals surface area contributed by atoms with Gasteiger partial charge in [0, 0.05) is 31.4 Å². The molecule has 8 nitrogen and oxygen atoms in total. The van der Waals surface area contributed by atoms with Crippen molar-refractivity contribution in [2.75, 3.05) is 11.9 Å². The van der Waals surface area contributed by atoms with Crippen LogP contribution in [0.1, 0.15) is 103 Å². The Morgan fingerprint density at radius 3 is 2.10 bits per heavy atom. The molecule has 1 aromatic carbocycles. The van der Waals surface area contributed by atoms with Gasteiger partial charge in [-0.2, -0.15) is 0 Å². The summed E-state index contributed by atoms with van der Waals surface area (Å²) in [5, 5.41) is 3.03. The molecule has 1 aromatic rings. The van der Waals surface area contributed by atoms with Gasteiger partial charge < -0.3 is 33.7 Å². The van der Waals surface area contributed by atoms with Gasteiger partial charge >= 0.3 is 0 Å². The van der Waals surface area contributed by atoms with Crippen molar-refractivity contribution in [3.63, 3.8) is 0 Å². The number of benzene rings is 1. The molecular weight excluding hydrogens is 498 g/mol. The Labute approximate surface area is 232 Å². The number of rotatable bonds is 9. The predicted molar refractivity (Wildman–Crippen MR) is 145 cm³/mol. The summed E-state index contributed by atoms with van der Waals surface area (Å²) >= 11 is 0. The quantitative estimate of drug-likeness (QED) is 0.370. The monoisotopic (exact) mass is 543 g/mol. The summed E-state index contributed by atoms with van der Waals surface area (Å²) in [6, 6.07) is 7.53. The van der Waals surface area contributed by atoms with Gasteiger partial charge in [-0.1, -0.05) is 45.4 Å². The predicted octanol–water partition coefficient (Wildman–Crippen LogP) is 6.22. The molecule has 5 fully saturated rings. The van der Waals surface area contributed by atoms with Gasteiger partial charge in [-0.25, -0.2) is 0 Å². The Balaban J connectivity index is 1.11. The molecule has 0 aromatic heterocycles. The number of hydrogen-bond acceptors (Lipinski definition) is 7. The number of hydrogen-bond donors (Lipinski definition) is 1. The highest BCUT2D eigenvalue weighted by Crippen LogP contribution is 2.51. The molecule has 6 rings (SSSR count). The fraction of sp³-hybridized carbons (Fsp3) is 0.774. The second kappa shape index (κ2) is 12.0. The van der Waals surface area contributed by atoms with Gasteiger partial charge in [-0.3, -0.25) is 4.79 Å². The molecule has 39 heavy (non-hydrogen) atoms. The van der Waals surface area contributed by atoms with Gasteiger partial charge in [-0.05, 0) is 56.4 Å². The maximum atomic E-state index is 13.6. The summed E-state index contributed by atoms with van der Waals surface area (Å²) in [4.78, 5) is 13.6. The van der Waals surface area contributed by atoms with E-state index in [1.807, 2.05) is 24.3 Å². The first kappa shape index (κ1) is 27.5. The number of nitrogens with one attached hydrogen (secondary N) is 1. The van der Waals surface area contributed by atoms with Crippen molar-refractivity contribution in [3.8, 4) is 5.75 Å². The summed E-state index contributed by atoms with van der Waals surface area (Å²) < 4.78 is 38.4. The lowest BCUT2D eigenvalue weighted by atomic mass is 9.94. The van der Waals surface area contributed by atoms with E-state index in [1.165, 1.54) is 38.5 Å². The van der Waals surface area contributed by atoms with Crippen molar-refractivity contribution in [1.29, 1.82) is 0 Å². The molecule has 2 spiro atoms. The topological polar surface area (TPSA) is 84.5 Å². The molecule has 5 aliphatic rings. The van der Waals surface area contributed by atoms with E-state index in [1.54, 1.807) is 0 Å². The molecule has 3 heterocycles. The maximum Gasteiger partial charge on any atom is 0.256 e. The average Bonchev–Trinajstić information content (AvgIpc) is 3.49. The number of carbonyl (C=O) groups is 1. The van der Waals surface area contributed by atoms with Crippen LogP contribution >= 0.6 is 0 Å². The van der Waals surface area contributed by atoms with E-state index in [9.17, 15) is 4.79 Å². The first-order chi connectivity index (χ1) is 19.1. The Bertz CT molecular complexity index is 956. The zero-order valence-electron chi connectivity index (χ0n) is 23.4. The first-order valence-corrected chi connectivity index (χ1v) is 15.5. The smallest absolute Gasteiger partial charge is 0.256 e. The standard InChI is InChI=1S/C31H45NO7/c1-2-3-4-5-12-21-34-23-15-13-22(14-16-23)32-28(33)26-24-25(37-30(36-24)17-8-6-9-18-30)27-29(35-26)39-31(38-27)19-10-7-11-20-31/h13-16,24-27,29H,2-12,17-21H2,1H3,(H,32,33)/t24-,25+,26-,27-,29-/m1/s1. The van der Waals surface area contributed by atoms with Gasteiger partial charge in [-0.15, -0.1) is 0 Å². The van der Waals surface area contributed by atoms with Crippen LogP contribution < -0.4 is 10.1 Å². The van der Waals surface area contributed by atoms with E-state index < -0.39 is 42.3 Å². The summed E-state index contributed by atoms with van der Waals surface area (Å²) in [6.45, 7) is 2.93. The fourth-order valence-corrected chi connectivity index (χ4v) is 6.91. The van der Waals surface area contributed by atoms with Crippen LogP contribution in [0, 0.1) is 0 Å². The Morgan fingerprint density at radius 1 is 0.795 bits per heavy atom. The van der Waals surface area contributed by atoms with Crippen LogP contribution in [0.2, 0.25) is 0 Å². The van der Waals surface area contributed by atoms with Gasteiger partial charge in [0.05, 0.1) is 6.61 Å². The van der Waals surface area contributed by atoms with Crippen molar-refractivity contribution in [2.24, 2.45) is 0 Å². The van der Waals surface area contributed by atoms with Gasteiger partial charge in [0.15, 0.2) is 24.0 Å². The molecular formula is C31H45NO7. The molecule has 0 bridgehead atoms. The summed E-state index contributed by atoms with van der Waals surface area (Å²) in [7, 11) is 0. The van der Waals surface area contributed by atoms with E-state index in [-0.39, 0.29) is 5.91 Å². The van der Waals surface area contributed by atoms with Crippen molar-refractivity contribution in [3.05, 3.63) is 24.3 Å². The fourth-order valence-electron chi connectivity index (χ4n) is 6.91. The average molecular weight is 544 g/mol. The number of fused-ring (bicyclic) bond motifs is 3. The normalized spacial score (nSPS) is 32.6. The largest absolute Gasteiger partial charge is 0.494 e. The molecule has 0 radical (unpaired) electrons. The molecule has 5 atom stereocenters. The third-order valence-corrected chi connectivity index (χ3v) is 9.01. The van der Waals surface area contributed by atoms with E-state index in [0.717, 1.165) is 63.5 Å². The molecule has 2 aliphatic carbocycles. The zero-order valence-corrected chi connectivity index (χ0v) is 23.4. The summed E-state index contributed by atoms with van der Waals surface area (Å²) in [5.41, 5.74) is 0.691. The second-order valence-corrected chi connectivity index (χ2v) is 12.0. The highest BCUT2D eigenvalue weighted by molar-refractivity contribution is 5.94. The van der Waals surface area contributed by atoms with Gasteiger partial charge in [0.2, 0.25) is 0 Å². The number of ether oxygens (including phenoxy) is 6. The zero-order chi connectivity index (χ0) is 26.7. The van der Waals surface area contributed by atoms with Crippen molar-refractivity contribution >= 4 is 11.6 Å². The highest BCUT2D eigenvalue weighted by Gasteiger charge is 2.65. The highest BCUT2D eigenvalue weighted by atomic mass is 16.9. The lowest BCUT2D eigenvalue weighted by Gasteiger charge is -2.36. The molecule has 3 saturated heterocycles. The van der Waals surface area contributed by atoms with Crippen LogP contribution in [0.25, 0.3) is 0 Å². The van der Waals surface area contributed by atoms with Gasteiger partial charge in [0.25, 0.3) is 5.91 Å².